The smallest absolute Gasteiger partial charge is 0.277 e. The number of hydrogen-bond donors (Lipinski definition) is 1. The van der Waals surface area contributed by atoms with Crippen LogP contribution in [-0.2, 0) is 17.6 Å². The maximum absolute atomic E-state index is 12.7. The topological polar surface area (TPSA) is 100 Å². The maximum Gasteiger partial charge on any atom is 0.277 e. The number of para-hydroxylation sites is 2. The minimum Gasteiger partial charge on any atom is -0.497 e. The van der Waals surface area contributed by atoms with Crippen LogP contribution in [0.2, 0.25) is 0 Å². The number of fused-ring (bicyclic) bond motifs is 1. The lowest BCUT2D eigenvalue weighted by atomic mass is 10.2. The molecule has 1 fully saturated rings. The molecule has 0 atom stereocenters. The summed E-state index contributed by atoms with van der Waals surface area (Å²) in [6, 6.07) is 15.9. The number of hydrogen-bond acceptors (Lipinski definition) is 8. The molecule has 0 radical (unpaired) electrons. The number of piperazine rings is 1. The van der Waals surface area contributed by atoms with Crippen molar-refractivity contribution in [2.24, 2.45) is 0 Å². The van der Waals surface area contributed by atoms with Gasteiger partial charge in [0.1, 0.15) is 11.6 Å². The Kier molecular flexibility index (Phi) is 6.66. The van der Waals surface area contributed by atoms with Crippen LogP contribution in [0.15, 0.2) is 58.2 Å². The SMILES string of the molecule is COc1cccc(N2CCN(C(=O)CSc3nnc(CCc4nc5ccccc5[nH]4)o3)CC2)c1. The molecule has 1 N–H and O–H groups in total. The Morgan fingerprint density at radius 1 is 1.09 bits per heavy atom. The summed E-state index contributed by atoms with van der Waals surface area (Å²) in [6.45, 7) is 2.94. The van der Waals surface area contributed by atoms with Gasteiger partial charge in [-0.2, -0.15) is 0 Å². The fraction of sp³-hybridized carbons (Fsp3) is 0.333. The van der Waals surface area contributed by atoms with Crippen LogP contribution in [0.4, 0.5) is 5.69 Å². The van der Waals surface area contributed by atoms with Crippen LogP contribution in [-0.4, -0.2) is 70.0 Å². The number of aromatic nitrogens is 4. The van der Waals surface area contributed by atoms with Crippen molar-refractivity contribution in [2.45, 2.75) is 18.1 Å². The molecule has 1 saturated heterocycles. The molecule has 0 unspecified atom stereocenters. The highest BCUT2D eigenvalue weighted by Gasteiger charge is 2.22. The lowest BCUT2D eigenvalue weighted by molar-refractivity contribution is -0.128. The highest BCUT2D eigenvalue weighted by atomic mass is 32.2. The summed E-state index contributed by atoms with van der Waals surface area (Å²) in [7, 11) is 1.67. The zero-order valence-corrected chi connectivity index (χ0v) is 19.8. The number of anilines is 1. The minimum atomic E-state index is 0.0808. The molecule has 1 aliphatic rings. The summed E-state index contributed by atoms with van der Waals surface area (Å²) in [5.41, 5.74) is 3.08. The van der Waals surface area contributed by atoms with Crippen LogP contribution in [0.1, 0.15) is 11.7 Å². The van der Waals surface area contributed by atoms with Crippen LogP contribution in [0.3, 0.4) is 0 Å². The number of imidazole rings is 1. The highest BCUT2D eigenvalue weighted by molar-refractivity contribution is 7.99. The molecule has 176 valence electrons. The van der Waals surface area contributed by atoms with Gasteiger partial charge in [-0.05, 0) is 24.3 Å². The van der Waals surface area contributed by atoms with Gasteiger partial charge in [-0.15, -0.1) is 10.2 Å². The van der Waals surface area contributed by atoms with Crippen LogP contribution in [0.5, 0.6) is 5.75 Å². The van der Waals surface area contributed by atoms with Crippen molar-refractivity contribution in [3.8, 4) is 5.75 Å². The van der Waals surface area contributed by atoms with E-state index in [0.717, 1.165) is 41.4 Å². The second-order valence-electron chi connectivity index (χ2n) is 8.02. The number of thioether (sulfide) groups is 1. The number of nitrogens with one attached hydrogen (secondary N) is 1. The van der Waals surface area contributed by atoms with Crippen molar-refractivity contribution in [1.29, 1.82) is 0 Å². The van der Waals surface area contributed by atoms with Crippen LogP contribution < -0.4 is 9.64 Å². The number of H-pyrrole nitrogens is 1. The van der Waals surface area contributed by atoms with Gasteiger partial charge in [0, 0.05) is 50.8 Å². The van der Waals surface area contributed by atoms with Gasteiger partial charge >= 0.3 is 0 Å². The molecule has 1 amide bonds. The summed E-state index contributed by atoms with van der Waals surface area (Å²) < 4.78 is 11.0. The van der Waals surface area contributed by atoms with E-state index in [9.17, 15) is 4.79 Å². The minimum absolute atomic E-state index is 0.0808. The van der Waals surface area contributed by atoms with Gasteiger partial charge in [-0.25, -0.2) is 4.98 Å². The van der Waals surface area contributed by atoms with Crippen molar-refractivity contribution in [1.82, 2.24) is 25.1 Å². The van der Waals surface area contributed by atoms with E-state index in [-0.39, 0.29) is 11.7 Å². The first-order valence-electron chi connectivity index (χ1n) is 11.2. The van der Waals surface area contributed by atoms with E-state index in [4.69, 9.17) is 9.15 Å². The number of carbonyl (C=O) groups excluding carboxylic acids is 1. The number of aryl methyl sites for hydroxylation is 2. The lowest BCUT2D eigenvalue weighted by Gasteiger charge is -2.36. The molecular weight excluding hydrogens is 452 g/mol. The number of benzene rings is 2. The number of methoxy groups -OCH3 is 1. The van der Waals surface area contributed by atoms with E-state index >= 15 is 0 Å². The van der Waals surface area contributed by atoms with Gasteiger partial charge in [-0.1, -0.05) is 30.0 Å². The molecule has 4 aromatic rings. The maximum atomic E-state index is 12.7. The molecule has 2 aromatic carbocycles. The zero-order chi connectivity index (χ0) is 23.3. The summed E-state index contributed by atoms with van der Waals surface area (Å²) in [4.78, 5) is 24.7. The number of carbonyl (C=O) groups is 1. The highest BCUT2D eigenvalue weighted by Crippen LogP contribution is 2.23. The second-order valence-corrected chi connectivity index (χ2v) is 8.95. The molecule has 9 nitrogen and oxygen atoms in total. The van der Waals surface area contributed by atoms with Gasteiger partial charge in [0.15, 0.2) is 0 Å². The Bertz CT molecular complexity index is 1230. The van der Waals surface area contributed by atoms with Gasteiger partial charge in [0.2, 0.25) is 11.8 Å². The van der Waals surface area contributed by atoms with Crippen LogP contribution >= 0.6 is 11.8 Å². The number of nitrogens with zero attached hydrogens (tertiary/aromatic N) is 5. The molecule has 0 aliphatic carbocycles. The lowest BCUT2D eigenvalue weighted by Crippen LogP contribution is -2.49. The van der Waals surface area contributed by atoms with E-state index in [2.05, 4.69) is 31.1 Å². The average Bonchev–Trinajstić information content (AvgIpc) is 3.52. The first-order chi connectivity index (χ1) is 16.7. The first kappa shape index (κ1) is 22.3. The molecule has 10 heteroatoms. The molecule has 2 aromatic heterocycles. The Labute approximate surface area is 201 Å². The third-order valence-corrected chi connectivity index (χ3v) is 6.64. The number of ether oxygens (including phenoxy) is 1. The number of rotatable bonds is 8. The molecule has 5 rings (SSSR count). The molecule has 0 saturated carbocycles. The second kappa shape index (κ2) is 10.2. The van der Waals surface area contributed by atoms with Crippen molar-refractivity contribution in [3.05, 3.63) is 60.2 Å². The third kappa shape index (κ3) is 5.17. The molecule has 0 spiro atoms. The Balaban J connectivity index is 1.07. The summed E-state index contributed by atoms with van der Waals surface area (Å²) >= 11 is 1.29. The van der Waals surface area contributed by atoms with E-state index in [0.29, 0.717) is 37.0 Å². The van der Waals surface area contributed by atoms with Crippen molar-refractivity contribution >= 4 is 34.4 Å². The van der Waals surface area contributed by atoms with Gasteiger partial charge in [0.05, 0.1) is 23.9 Å². The fourth-order valence-electron chi connectivity index (χ4n) is 3.98. The van der Waals surface area contributed by atoms with Gasteiger partial charge < -0.3 is 23.9 Å². The average molecular weight is 479 g/mol. The van der Waals surface area contributed by atoms with Crippen molar-refractivity contribution in [2.75, 3.05) is 43.9 Å². The van der Waals surface area contributed by atoms with Gasteiger partial charge in [0.25, 0.3) is 5.22 Å². The zero-order valence-electron chi connectivity index (χ0n) is 18.9. The third-order valence-electron chi connectivity index (χ3n) is 5.83. The standard InChI is InChI=1S/C24H26N6O3S/c1-32-18-6-4-5-17(15-18)29-11-13-30(14-12-29)23(31)16-34-24-28-27-22(33-24)10-9-21-25-19-7-2-3-8-20(19)26-21/h2-8,15H,9-14,16H2,1H3,(H,25,26). The first-order valence-corrected chi connectivity index (χ1v) is 12.2. The number of amides is 1. The summed E-state index contributed by atoms with van der Waals surface area (Å²) in [6.07, 6.45) is 1.27. The summed E-state index contributed by atoms with van der Waals surface area (Å²) in [5, 5.41) is 8.61. The Morgan fingerprint density at radius 2 is 1.94 bits per heavy atom. The van der Waals surface area contributed by atoms with E-state index in [1.165, 1.54) is 11.8 Å². The molecule has 34 heavy (non-hydrogen) atoms. The number of aromatic amines is 1. The van der Waals surface area contributed by atoms with E-state index < -0.39 is 0 Å². The quantitative estimate of drug-likeness (QED) is 0.386. The molecule has 0 bridgehead atoms. The van der Waals surface area contributed by atoms with Gasteiger partial charge in [-0.3, -0.25) is 4.79 Å². The summed E-state index contributed by atoms with van der Waals surface area (Å²) in [5.74, 6) is 2.63. The van der Waals surface area contributed by atoms with E-state index in [1.807, 2.05) is 47.4 Å². The molecule has 1 aliphatic heterocycles. The van der Waals surface area contributed by atoms with E-state index in [1.54, 1.807) is 7.11 Å². The van der Waals surface area contributed by atoms with Crippen LogP contribution in [0, 0.1) is 0 Å². The normalized spacial score (nSPS) is 14.0. The molecule has 3 heterocycles. The largest absolute Gasteiger partial charge is 0.497 e. The fourth-order valence-corrected chi connectivity index (χ4v) is 4.67. The predicted octanol–water partition coefficient (Wildman–Crippen LogP) is 3.18. The van der Waals surface area contributed by atoms with Crippen molar-refractivity contribution in [3.63, 3.8) is 0 Å². The predicted molar refractivity (Wildman–Crippen MR) is 130 cm³/mol. The molecular formula is C24H26N6O3S. The Morgan fingerprint density at radius 3 is 2.76 bits per heavy atom. The Hall–Kier alpha value is -3.53. The van der Waals surface area contributed by atoms with Crippen LogP contribution in [0.25, 0.3) is 11.0 Å². The van der Waals surface area contributed by atoms with Crippen molar-refractivity contribution < 1.29 is 13.9 Å². The monoisotopic (exact) mass is 478 g/mol.